The van der Waals surface area contributed by atoms with E-state index in [4.69, 9.17) is 0 Å². The molecule has 0 aliphatic carbocycles. The summed E-state index contributed by atoms with van der Waals surface area (Å²) >= 11 is 2.12. The van der Waals surface area contributed by atoms with E-state index in [1.165, 1.54) is 25.0 Å². The predicted octanol–water partition coefficient (Wildman–Crippen LogP) is 3.95. The van der Waals surface area contributed by atoms with Crippen molar-refractivity contribution >= 4 is 11.8 Å². The smallest absolute Gasteiger partial charge is 0.00188 e. The fourth-order valence-corrected chi connectivity index (χ4v) is 1.91. The highest BCUT2D eigenvalue weighted by Gasteiger charge is 2.02. The van der Waals surface area contributed by atoms with Crippen LogP contribution in [0.1, 0.15) is 47.0 Å². The molecule has 0 aromatic carbocycles. The van der Waals surface area contributed by atoms with Gasteiger partial charge >= 0.3 is 0 Å². The van der Waals surface area contributed by atoms with Crippen molar-refractivity contribution in [2.24, 2.45) is 5.92 Å². The van der Waals surface area contributed by atoms with E-state index >= 15 is 0 Å². The van der Waals surface area contributed by atoms with Crippen LogP contribution >= 0.6 is 11.8 Å². The van der Waals surface area contributed by atoms with Gasteiger partial charge < -0.3 is 0 Å². The lowest BCUT2D eigenvalue weighted by molar-refractivity contribution is 0.555. The van der Waals surface area contributed by atoms with Crippen molar-refractivity contribution in [3.63, 3.8) is 0 Å². The topological polar surface area (TPSA) is 0 Å². The van der Waals surface area contributed by atoms with E-state index < -0.39 is 0 Å². The zero-order chi connectivity index (χ0) is 8.69. The van der Waals surface area contributed by atoms with E-state index in [9.17, 15) is 0 Å². The molecule has 0 rings (SSSR count). The van der Waals surface area contributed by atoms with E-state index in [2.05, 4.69) is 39.5 Å². The van der Waals surface area contributed by atoms with Gasteiger partial charge in [0, 0.05) is 5.25 Å². The van der Waals surface area contributed by atoms with Crippen LogP contribution in [0.15, 0.2) is 0 Å². The second-order valence-electron chi connectivity index (χ2n) is 3.65. The van der Waals surface area contributed by atoms with Crippen LogP contribution in [0.25, 0.3) is 0 Å². The molecule has 0 saturated carbocycles. The Balaban J connectivity index is 3.15. The highest BCUT2D eigenvalue weighted by atomic mass is 32.2. The Hall–Kier alpha value is 0.350. The van der Waals surface area contributed by atoms with Gasteiger partial charge in [0.25, 0.3) is 0 Å². The summed E-state index contributed by atoms with van der Waals surface area (Å²) in [6.45, 7) is 9.21. The van der Waals surface area contributed by atoms with E-state index in [0.717, 1.165) is 11.2 Å². The third-order valence-corrected chi connectivity index (χ3v) is 3.21. The van der Waals surface area contributed by atoms with E-state index in [-0.39, 0.29) is 0 Å². The van der Waals surface area contributed by atoms with Gasteiger partial charge in [-0.15, -0.1) is 0 Å². The maximum absolute atomic E-state index is 2.35. The number of hydrogen-bond donors (Lipinski definition) is 0. The van der Waals surface area contributed by atoms with Gasteiger partial charge in [-0.2, -0.15) is 11.8 Å². The molecule has 0 spiro atoms. The minimum Gasteiger partial charge on any atom is -0.159 e. The molecule has 1 unspecified atom stereocenters. The molecule has 0 N–H and O–H groups in total. The van der Waals surface area contributed by atoms with E-state index in [1.54, 1.807) is 0 Å². The highest BCUT2D eigenvalue weighted by Crippen LogP contribution is 2.18. The zero-order valence-electron chi connectivity index (χ0n) is 8.39. The van der Waals surface area contributed by atoms with Crippen LogP contribution in [-0.4, -0.2) is 11.0 Å². The summed E-state index contributed by atoms with van der Waals surface area (Å²) in [6, 6.07) is 0. The van der Waals surface area contributed by atoms with Crippen LogP contribution in [-0.2, 0) is 0 Å². The molecule has 0 nitrogen and oxygen atoms in total. The standard InChI is InChI=1S/C10H22S/c1-5-8-11-10(4)7-6-9(2)3/h9-10H,5-8H2,1-4H3. The van der Waals surface area contributed by atoms with E-state index in [0.29, 0.717) is 0 Å². The lowest BCUT2D eigenvalue weighted by atomic mass is 10.1. The molecule has 1 atom stereocenters. The van der Waals surface area contributed by atoms with Crippen molar-refractivity contribution < 1.29 is 0 Å². The van der Waals surface area contributed by atoms with Crippen LogP contribution in [0.2, 0.25) is 0 Å². The van der Waals surface area contributed by atoms with E-state index in [1.807, 2.05) is 0 Å². The Kier molecular flexibility index (Phi) is 7.25. The van der Waals surface area contributed by atoms with Gasteiger partial charge in [-0.25, -0.2) is 0 Å². The summed E-state index contributed by atoms with van der Waals surface area (Å²) in [5.74, 6) is 2.21. The molecule has 0 amide bonds. The van der Waals surface area contributed by atoms with Crippen LogP contribution in [0, 0.1) is 5.92 Å². The van der Waals surface area contributed by atoms with Crippen LogP contribution in [0.4, 0.5) is 0 Å². The SMILES string of the molecule is CCCSC(C)CCC(C)C. The molecule has 0 aromatic rings. The summed E-state index contributed by atoms with van der Waals surface area (Å²) in [6.07, 6.45) is 4.09. The van der Waals surface area contributed by atoms with Gasteiger partial charge in [-0.3, -0.25) is 0 Å². The highest BCUT2D eigenvalue weighted by molar-refractivity contribution is 7.99. The lowest BCUT2D eigenvalue weighted by Crippen LogP contribution is -1.99. The minimum absolute atomic E-state index is 0.873. The van der Waals surface area contributed by atoms with Gasteiger partial charge in [0.2, 0.25) is 0 Å². The molecule has 0 heterocycles. The van der Waals surface area contributed by atoms with Gasteiger partial charge in [-0.05, 0) is 30.9 Å². The van der Waals surface area contributed by atoms with Gasteiger partial charge in [0.05, 0.1) is 0 Å². The van der Waals surface area contributed by atoms with Crippen molar-refractivity contribution in [2.75, 3.05) is 5.75 Å². The fraction of sp³-hybridized carbons (Fsp3) is 1.00. The number of rotatable bonds is 6. The van der Waals surface area contributed by atoms with Crippen LogP contribution < -0.4 is 0 Å². The fourth-order valence-electron chi connectivity index (χ4n) is 0.970. The Morgan fingerprint density at radius 1 is 1.09 bits per heavy atom. The molecule has 0 aromatic heterocycles. The molecule has 1 heteroatoms. The monoisotopic (exact) mass is 174 g/mol. The Labute approximate surface area is 76.1 Å². The quantitative estimate of drug-likeness (QED) is 0.587. The molecular weight excluding hydrogens is 152 g/mol. The first-order valence-corrected chi connectivity index (χ1v) is 5.83. The molecule has 68 valence electrons. The summed E-state index contributed by atoms with van der Waals surface area (Å²) in [5, 5.41) is 0.873. The summed E-state index contributed by atoms with van der Waals surface area (Å²) in [7, 11) is 0. The van der Waals surface area contributed by atoms with Crippen LogP contribution in [0.3, 0.4) is 0 Å². The maximum atomic E-state index is 2.35. The molecular formula is C10H22S. The van der Waals surface area contributed by atoms with Crippen LogP contribution in [0.5, 0.6) is 0 Å². The molecule has 0 fully saturated rings. The second-order valence-corrected chi connectivity index (χ2v) is 5.20. The first-order chi connectivity index (χ1) is 5.16. The van der Waals surface area contributed by atoms with Gasteiger partial charge in [-0.1, -0.05) is 27.7 Å². The molecule has 0 saturated heterocycles. The first-order valence-electron chi connectivity index (χ1n) is 4.78. The molecule has 0 aliphatic heterocycles. The Bertz CT molecular complexity index is 78.9. The molecule has 0 aliphatic rings. The van der Waals surface area contributed by atoms with Crippen molar-refractivity contribution in [1.82, 2.24) is 0 Å². The minimum atomic E-state index is 0.873. The molecule has 0 radical (unpaired) electrons. The number of hydrogen-bond acceptors (Lipinski definition) is 1. The Morgan fingerprint density at radius 3 is 2.18 bits per heavy atom. The predicted molar refractivity (Wildman–Crippen MR) is 56.3 cm³/mol. The normalized spacial score (nSPS) is 13.9. The third-order valence-electron chi connectivity index (χ3n) is 1.76. The zero-order valence-corrected chi connectivity index (χ0v) is 9.21. The summed E-state index contributed by atoms with van der Waals surface area (Å²) in [4.78, 5) is 0. The molecule has 11 heavy (non-hydrogen) atoms. The average Bonchev–Trinajstić information content (AvgIpc) is 1.97. The van der Waals surface area contributed by atoms with Crippen molar-refractivity contribution in [2.45, 2.75) is 52.2 Å². The first kappa shape index (κ1) is 11.4. The largest absolute Gasteiger partial charge is 0.159 e. The maximum Gasteiger partial charge on any atom is 0.00188 e. The van der Waals surface area contributed by atoms with Crippen molar-refractivity contribution in [3.8, 4) is 0 Å². The van der Waals surface area contributed by atoms with Gasteiger partial charge in [0.1, 0.15) is 0 Å². The van der Waals surface area contributed by atoms with Crippen molar-refractivity contribution in [1.29, 1.82) is 0 Å². The average molecular weight is 174 g/mol. The van der Waals surface area contributed by atoms with Crippen molar-refractivity contribution in [3.05, 3.63) is 0 Å². The summed E-state index contributed by atoms with van der Waals surface area (Å²) < 4.78 is 0. The Morgan fingerprint density at radius 2 is 1.73 bits per heavy atom. The van der Waals surface area contributed by atoms with Gasteiger partial charge in [0.15, 0.2) is 0 Å². The third kappa shape index (κ3) is 8.25. The second kappa shape index (κ2) is 7.02. The molecule has 0 bridgehead atoms. The summed E-state index contributed by atoms with van der Waals surface area (Å²) in [5.41, 5.74) is 0. The number of thioether (sulfide) groups is 1. The lowest BCUT2D eigenvalue weighted by Gasteiger charge is -2.11.